The molecule has 6 heteroatoms. The maximum absolute atomic E-state index is 11.5. The second-order valence-electron chi connectivity index (χ2n) is 8.25. The zero-order valence-electron chi connectivity index (χ0n) is 17.9. The van der Waals surface area contributed by atoms with E-state index in [0.29, 0.717) is 31.2 Å². The Balaban J connectivity index is 1.75. The Labute approximate surface area is 178 Å². The van der Waals surface area contributed by atoms with E-state index in [1.54, 1.807) is 14.0 Å². The van der Waals surface area contributed by atoms with Gasteiger partial charge in [0, 0.05) is 24.4 Å². The van der Waals surface area contributed by atoms with Gasteiger partial charge in [0.1, 0.15) is 0 Å². The number of likely N-dealkylation sites (tertiary alicyclic amines) is 1. The van der Waals surface area contributed by atoms with E-state index in [-0.39, 0.29) is 5.92 Å². The topological polar surface area (TPSA) is 79.2 Å². The van der Waals surface area contributed by atoms with Crippen LogP contribution in [0, 0.1) is 5.41 Å². The van der Waals surface area contributed by atoms with Crippen molar-refractivity contribution < 1.29 is 24.5 Å². The third kappa shape index (κ3) is 4.70. The van der Waals surface area contributed by atoms with Crippen molar-refractivity contribution in [3.05, 3.63) is 59.7 Å². The van der Waals surface area contributed by atoms with E-state index in [1.165, 1.54) is 10.5 Å². The molecule has 6 nitrogen and oxygen atoms in total. The third-order valence-electron chi connectivity index (χ3n) is 6.26. The van der Waals surface area contributed by atoms with Gasteiger partial charge in [-0.2, -0.15) is 0 Å². The van der Waals surface area contributed by atoms with Crippen molar-refractivity contribution in [1.82, 2.24) is 4.90 Å². The van der Waals surface area contributed by atoms with Crippen molar-refractivity contribution >= 4 is 6.09 Å². The summed E-state index contributed by atoms with van der Waals surface area (Å²) in [6, 6.07) is 16.0. The lowest BCUT2D eigenvalue weighted by Crippen LogP contribution is -2.37. The number of hydrogen-bond donors (Lipinski definition) is 2. The van der Waals surface area contributed by atoms with Crippen LogP contribution in [-0.2, 0) is 6.42 Å². The highest BCUT2D eigenvalue weighted by molar-refractivity contribution is 5.66. The number of aliphatic hydroxyl groups excluding tert-OH is 1. The fourth-order valence-corrected chi connectivity index (χ4v) is 4.20. The van der Waals surface area contributed by atoms with Crippen molar-refractivity contribution in [2.75, 3.05) is 26.8 Å². The first-order valence-corrected chi connectivity index (χ1v) is 10.4. The molecule has 0 aromatic heterocycles. The Morgan fingerprint density at radius 1 is 1.23 bits per heavy atom. The average Bonchev–Trinajstić information content (AvgIpc) is 3.11. The molecule has 3 rings (SSSR count). The van der Waals surface area contributed by atoms with Crippen LogP contribution in [0.2, 0.25) is 0 Å². The molecule has 1 aliphatic heterocycles. The predicted octanol–water partition coefficient (Wildman–Crippen LogP) is 4.17. The number of benzene rings is 2. The van der Waals surface area contributed by atoms with E-state index >= 15 is 0 Å². The van der Waals surface area contributed by atoms with E-state index in [9.17, 15) is 15.0 Å². The number of ether oxygens (including phenoxy) is 2. The summed E-state index contributed by atoms with van der Waals surface area (Å²) >= 11 is 0. The second kappa shape index (κ2) is 9.39. The first-order chi connectivity index (χ1) is 14.3. The van der Waals surface area contributed by atoms with E-state index < -0.39 is 17.6 Å². The van der Waals surface area contributed by atoms with Crippen LogP contribution in [0.4, 0.5) is 4.79 Å². The summed E-state index contributed by atoms with van der Waals surface area (Å²) < 4.78 is 11.5. The monoisotopic (exact) mass is 413 g/mol. The van der Waals surface area contributed by atoms with Crippen molar-refractivity contribution in [3.63, 3.8) is 0 Å². The van der Waals surface area contributed by atoms with Crippen LogP contribution in [0.3, 0.4) is 0 Å². The highest BCUT2D eigenvalue weighted by Crippen LogP contribution is 2.46. The van der Waals surface area contributed by atoms with Crippen molar-refractivity contribution in [1.29, 1.82) is 0 Å². The number of aliphatic hydroxyl groups is 1. The van der Waals surface area contributed by atoms with Crippen LogP contribution in [0.5, 0.6) is 11.5 Å². The van der Waals surface area contributed by atoms with Gasteiger partial charge in [0.05, 0.1) is 19.8 Å². The number of hydrogen-bond acceptors (Lipinski definition) is 4. The van der Waals surface area contributed by atoms with Crippen LogP contribution in [0.25, 0.3) is 0 Å². The van der Waals surface area contributed by atoms with Crippen molar-refractivity contribution in [3.8, 4) is 11.5 Å². The lowest BCUT2D eigenvalue weighted by molar-refractivity contribution is 0.0481. The van der Waals surface area contributed by atoms with Crippen LogP contribution in [0.1, 0.15) is 37.3 Å². The number of nitrogens with zero attached hydrogens (tertiary/aromatic N) is 1. The molecule has 162 valence electrons. The van der Waals surface area contributed by atoms with Gasteiger partial charge in [-0.1, -0.05) is 43.3 Å². The molecule has 1 heterocycles. The van der Waals surface area contributed by atoms with E-state index in [2.05, 4.69) is 12.1 Å². The molecule has 0 spiro atoms. The number of amides is 1. The molecule has 2 aromatic rings. The Bertz CT molecular complexity index is 854. The average molecular weight is 414 g/mol. The normalized spacial score (nSPS) is 22.0. The van der Waals surface area contributed by atoms with Gasteiger partial charge in [-0.25, -0.2) is 4.79 Å². The zero-order valence-corrected chi connectivity index (χ0v) is 17.9. The Morgan fingerprint density at radius 2 is 1.97 bits per heavy atom. The summed E-state index contributed by atoms with van der Waals surface area (Å²) in [7, 11) is 1.60. The fourth-order valence-electron chi connectivity index (χ4n) is 4.20. The van der Waals surface area contributed by atoms with Crippen LogP contribution in [0.15, 0.2) is 48.5 Å². The minimum Gasteiger partial charge on any atom is -0.493 e. The molecule has 30 heavy (non-hydrogen) atoms. The Hall–Kier alpha value is -2.73. The SMILES string of the molecule is COc1ccc(C2CN(C(=O)O)CC2(C)C(C)O)cc1OCCCc1ccccc1. The molecular formula is C24H31NO5. The maximum Gasteiger partial charge on any atom is 0.407 e. The Kier molecular flexibility index (Phi) is 6.87. The lowest BCUT2D eigenvalue weighted by atomic mass is 9.72. The maximum atomic E-state index is 11.5. The minimum absolute atomic E-state index is 0.133. The first kappa shape index (κ1) is 22.0. The smallest absolute Gasteiger partial charge is 0.407 e. The number of carboxylic acid groups (broad SMARTS) is 1. The number of rotatable bonds is 8. The molecule has 0 aliphatic carbocycles. The number of carbonyl (C=O) groups is 1. The second-order valence-corrected chi connectivity index (χ2v) is 8.25. The van der Waals surface area contributed by atoms with E-state index in [4.69, 9.17) is 9.47 Å². The fraction of sp³-hybridized carbons (Fsp3) is 0.458. The molecule has 1 saturated heterocycles. The molecule has 0 saturated carbocycles. The molecule has 3 atom stereocenters. The number of methoxy groups -OCH3 is 1. The largest absolute Gasteiger partial charge is 0.493 e. The first-order valence-electron chi connectivity index (χ1n) is 10.4. The molecule has 0 radical (unpaired) electrons. The van der Waals surface area contributed by atoms with Gasteiger partial charge in [-0.15, -0.1) is 0 Å². The molecule has 3 unspecified atom stereocenters. The summed E-state index contributed by atoms with van der Waals surface area (Å²) in [4.78, 5) is 12.9. The number of aryl methyl sites for hydroxylation is 1. The van der Waals surface area contributed by atoms with Gasteiger partial charge in [0.2, 0.25) is 0 Å². The van der Waals surface area contributed by atoms with Gasteiger partial charge in [0.15, 0.2) is 11.5 Å². The summed E-state index contributed by atoms with van der Waals surface area (Å²) in [6.07, 6.45) is 0.192. The highest BCUT2D eigenvalue weighted by atomic mass is 16.5. The molecule has 1 aliphatic rings. The standard InChI is InChI=1S/C24H31NO5/c1-17(26)24(2)16-25(23(27)28)15-20(24)19-11-12-21(29-3)22(14-19)30-13-7-10-18-8-5-4-6-9-18/h4-6,8-9,11-12,14,17,20,26H,7,10,13,15-16H2,1-3H3,(H,27,28). The lowest BCUT2D eigenvalue weighted by Gasteiger charge is -2.33. The summed E-state index contributed by atoms with van der Waals surface area (Å²) in [6.45, 7) is 4.85. The highest BCUT2D eigenvalue weighted by Gasteiger charge is 2.48. The quantitative estimate of drug-likeness (QED) is 0.635. The van der Waals surface area contributed by atoms with Crippen LogP contribution in [-0.4, -0.2) is 54.1 Å². The third-order valence-corrected chi connectivity index (χ3v) is 6.26. The van der Waals surface area contributed by atoms with Crippen molar-refractivity contribution in [2.45, 2.75) is 38.7 Å². The van der Waals surface area contributed by atoms with Crippen LogP contribution < -0.4 is 9.47 Å². The molecule has 1 amide bonds. The minimum atomic E-state index is -0.963. The molecule has 1 fully saturated rings. The Morgan fingerprint density at radius 3 is 2.60 bits per heavy atom. The van der Waals surface area contributed by atoms with Gasteiger partial charge in [-0.05, 0) is 43.0 Å². The van der Waals surface area contributed by atoms with Crippen molar-refractivity contribution in [2.24, 2.45) is 5.41 Å². The van der Waals surface area contributed by atoms with E-state index in [1.807, 2.05) is 43.3 Å². The zero-order chi connectivity index (χ0) is 21.7. The molecular weight excluding hydrogens is 382 g/mol. The summed E-state index contributed by atoms with van der Waals surface area (Å²) in [5.74, 6) is 1.15. The van der Waals surface area contributed by atoms with Gasteiger partial charge in [-0.3, -0.25) is 0 Å². The van der Waals surface area contributed by atoms with Gasteiger partial charge < -0.3 is 24.6 Å². The summed E-state index contributed by atoms with van der Waals surface area (Å²) in [5.41, 5.74) is 1.65. The summed E-state index contributed by atoms with van der Waals surface area (Å²) in [5, 5.41) is 19.9. The molecule has 0 bridgehead atoms. The van der Waals surface area contributed by atoms with E-state index in [0.717, 1.165) is 18.4 Å². The van der Waals surface area contributed by atoms with Gasteiger partial charge in [0.25, 0.3) is 0 Å². The predicted molar refractivity (Wildman–Crippen MR) is 115 cm³/mol. The van der Waals surface area contributed by atoms with Crippen LogP contribution >= 0.6 is 0 Å². The van der Waals surface area contributed by atoms with Gasteiger partial charge >= 0.3 is 6.09 Å². The molecule has 2 aromatic carbocycles. The molecule has 2 N–H and O–H groups in total.